The maximum atomic E-state index is 13.8. The van der Waals surface area contributed by atoms with Crippen molar-refractivity contribution in [1.82, 2.24) is 10.2 Å². The van der Waals surface area contributed by atoms with Gasteiger partial charge in [-0.15, -0.1) is 24.8 Å². The van der Waals surface area contributed by atoms with E-state index >= 15 is 0 Å². The van der Waals surface area contributed by atoms with E-state index in [-0.39, 0.29) is 42.2 Å². The molecule has 0 spiro atoms. The van der Waals surface area contributed by atoms with Crippen LogP contribution in [-0.4, -0.2) is 36.2 Å². The summed E-state index contributed by atoms with van der Waals surface area (Å²) in [5.41, 5.74) is 0.789. The van der Waals surface area contributed by atoms with Gasteiger partial charge in [0.15, 0.2) is 11.6 Å². The number of nitriles is 1. The number of phenolic OH excluding ortho intramolecular Hbond substituents is 1. The van der Waals surface area contributed by atoms with Crippen LogP contribution in [0.15, 0.2) is 12.1 Å². The number of nitrogens with one attached hydrogen (secondary N) is 1. The van der Waals surface area contributed by atoms with E-state index in [1.807, 2.05) is 6.07 Å². The summed E-state index contributed by atoms with van der Waals surface area (Å²) in [6, 6.07) is 4.61. The van der Waals surface area contributed by atoms with E-state index in [4.69, 9.17) is 5.26 Å². The Morgan fingerprint density at radius 1 is 1.36 bits per heavy atom. The van der Waals surface area contributed by atoms with Crippen LogP contribution in [0.3, 0.4) is 0 Å². The minimum Gasteiger partial charge on any atom is -0.505 e. The summed E-state index contributed by atoms with van der Waals surface area (Å²) in [6.45, 7) is 5.57. The van der Waals surface area contributed by atoms with Gasteiger partial charge in [0.2, 0.25) is 0 Å². The fraction of sp³-hybridized carbons (Fsp3) is 0.533. The first kappa shape index (κ1) is 20.9. The predicted molar refractivity (Wildman–Crippen MR) is 89.4 cm³/mol. The molecule has 22 heavy (non-hydrogen) atoms. The summed E-state index contributed by atoms with van der Waals surface area (Å²) >= 11 is 0. The van der Waals surface area contributed by atoms with Gasteiger partial charge in [-0.05, 0) is 18.6 Å². The van der Waals surface area contributed by atoms with Gasteiger partial charge < -0.3 is 10.4 Å². The number of benzene rings is 1. The normalized spacial score (nSPS) is 16.0. The molecule has 1 aromatic carbocycles. The monoisotopic (exact) mass is 349 g/mol. The first-order valence-corrected chi connectivity index (χ1v) is 7.04. The van der Waals surface area contributed by atoms with E-state index in [2.05, 4.69) is 17.1 Å². The van der Waals surface area contributed by atoms with Crippen LogP contribution in [0.4, 0.5) is 4.39 Å². The number of nitrogens with zero attached hydrogens (tertiary/aromatic N) is 2. The number of aromatic hydroxyl groups is 1. The highest BCUT2D eigenvalue weighted by atomic mass is 35.5. The van der Waals surface area contributed by atoms with Crippen molar-refractivity contribution >= 4 is 24.8 Å². The van der Waals surface area contributed by atoms with Gasteiger partial charge >= 0.3 is 0 Å². The molecule has 1 aliphatic rings. The third kappa shape index (κ3) is 4.72. The van der Waals surface area contributed by atoms with E-state index in [0.717, 1.165) is 45.1 Å². The molecular formula is C15H22Cl2FN3O. The third-order valence-corrected chi connectivity index (χ3v) is 3.74. The number of piperazine rings is 1. The van der Waals surface area contributed by atoms with Gasteiger partial charge in [-0.3, -0.25) is 4.90 Å². The molecule has 0 radical (unpaired) electrons. The van der Waals surface area contributed by atoms with Gasteiger partial charge in [-0.25, -0.2) is 4.39 Å². The average Bonchev–Trinajstić information content (AvgIpc) is 2.48. The second kappa shape index (κ2) is 9.86. The van der Waals surface area contributed by atoms with Crippen LogP contribution in [-0.2, 0) is 0 Å². The first-order valence-electron chi connectivity index (χ1n) is 7.04. The molecule has 1 aromatic rings. The van der Waals surface area contributed by atoms with Crippen LogP contribution >= 0.6 is 24.8 Å². The van der Waals surface area contributed by atoms with Crippen molar-refractivity contribution in [3.63, 3.8) is 0 Å². The Kier molecular flexibility index (Phi) is 9.38. The quantitative estimate of drug-likeness (QED) is 0.877. The molecule has 0 bridgehead atoms. The highest BCUT2D eigenvalue weighted by Crippen LogP contribution is 2.34. The zero-order valence-electron chi connectivity index (χ0n) is 12.5. The Labute approximate surface area is 143 Å². The third-order valence-electron chi connectivity index (χ3n) is 3.74. The molecule has 1 aliphatic heterocycles. The number of phenols is 1. The Hall–Kier alpha value is -1.06. The molecule has 1 atom stereocenters. The van der Waals surface area contributed by atoms with Crippen molar-refractivity contribution in [3.8, 4) is 11.8 Å². The molecule has 0 aliphatic carbocycles. The highest BCUT2D eigenvalue weighted by Gasteiger charge is 2.25. The van der Waals surface area contributed by atoms with Gasteiger partial charge in [0, 0.05) is 37.8 Å². The summed E-state index contributed by atoms with van der Waals surface area (Å²) in [5.74, 6) is -1.03. The summed E-state index contributed by atoms with van der Waals surface area (Å²) in [7, 11) is 0. The largest absolute Gasteiger partial charge is 0.505 e. The van der Waals surface area contributed by atoms with Crippen LogP contribution in [0.25, 0.3) is 0 Å². The summed E-state index contributed by atoms with van der Waals surface area (Å²) in [6.07, 6.45) is 1.77. The fourth-order valence-electron chi connectivity index (χ4n) is 2.74. The first-order chi connectivity index (χ1) is 9.67. The molecule has 0 amide bonds. The van der Waals surface area contributed by atoms with E-state index in [1.165, 1.54) is 0 Å². The van der Waals surface area contributed by atoms with Crippen molar-refractivity contribution in [2.75, 3.05) is 26.2 Å². The maximum Gasteiger partial charge on any atom is 0.166 e. The molecule has 0 saturated carbocycles. The Morgan fingerprint density at radius 2 is 2.00 bits per heavy atom. The molecule has 2 rings (SSSR count). The smallest absolute Gasteiger partial charge is 0.166 e. The van der Waals surface area contributed by atoms with E-state index in [0.29, 0.717) is 5.56 Å². The second-order valence-electron chi connectivity index (χ2n) is 5.10. The average molecular weight is 350 g/mol. The Morgan fingerprint density at radius 3 is 2.55 bits per heavy atom. The molecule has 4 nitrogen and oxygen atoms in total. The Balaban J connectivity index is 0.00000220. The molecule has 0 aromatic heterocycles. The lowest BCUT2D eigenvalue weighted by atomic mass is 9.97. The van der Waals surface area contributed by atoms with Crippen LogP contribution in [0, 0.1) is 17.1 Å². The van der Waals surface area contributed by atoms with E-state index in [1.54, 1.807) is 6.07 Å². The van der Waals surface area contributed by atoms with Crippen molar-refractivity contribution in [2.45, 2.75) is 25.8 Å². The van der Waals surface area contributed by atoms with Crippen LogP contribution in [0.2, 0.25) is 0 Å². The van der Waals surface area contributed by atoms with E-state index < -0.39 is 5.82 Å². The lowest BCUT2D eigenvalue weighted by molar-refractivity contribution is 0.161. The molecule has 1 fully saturated rings. The number of hydrogen-bond acceptors (Lipinski definition) is 4. The second-order valence-corrected chi connectivity index (χ2v) is 5.10. The standard InChI is InChI=1S/C15H20FN3O.2ClH/c1-2-3-14(19-6-4-18-5-7-19)12-8-11(10-17)9-13(16)15(12)20;;/h8-9,14,18,20H,2-7H2,1H3;2*1H/t14-;;/m0../s1. The van der Waals surface area contributed by atoms with Crippen molar-refractivity contribution in [1.29, 1.82) is 5.26 Å². The van der Waals surface area contributed by atoms with Gasteiger partial charge in [-0.1, -0.05) is 13.3 Å². The summed E-state index contributed by atoms with van der Waals surface area (Å²) in [4.78, 5) is 2.25. The highest BCUT2D eigenvalue weighted by molar-refractivity contribution is 5.85. The minimum atomic E-state index is -0.713. The van der Waals surface area contributed by atoms with Crippen molar-refractivity contribution in [2.24, 2.45) is 0 Å². The SMILES string of the molecule is CCC[C@@H](c1cc(C#N)cc(F)c1O)N1CCNCC1.Cl.Cl. The molecule has 1 heterocycles. The zero-order valence-corrected chi connectivity index (χ0v) is 14.1. The summed E-state index contributed by atoms with van der Waals surface area (Å²) < 4.78 is 13.8. The maximum absolute atomic E-state index is 13.8. The molecule has 124 valence electrons. The molecule has 2 N–H and O–H groups in total. The topological polar surface area (TPSA) is 59.3 Å². The van der Waals surface area contributed by atoms with Gasteiger partial charge in [0.1, 0.15) is 0 Å². The number of rotatable bonds is 4. The lowest BCUT2D eigenvalue weighted by Gasteiger charge is -2.35. The van der Waals surface area contributed by atoms with Crippen LogP contribution in [0.1, 0.15) is 36.9 Å². The number of halogens is 3. The zero-order chi connectivity index (χ0) is 14.5. The minimum absolute atomic E-state index is 0. The van der Waals surface area contributed by atoms with Crippen LogP contribution < -0.4 is 5.32 Å². The predicted octanol–water partition coefficient (Wildman–Crippen LogP) is 2.99. The Bertz CT molecular complexity index is 516. The molecule has 0 unspecified atom stereocenters. The summed E-state index contributed by atoms with van der Waals surface area (Å²) in [5, 5.41) is 22.3. The van der Waals surface area contributed by atoms with Gasteiger partial charge in [0.05, 0.1) is 11.6 Å². The molecular weight excluding hydrogens is 328 g/mol. The van der Waals surface area contributed by atoms with Crippen LogP contribution in [0.5, 0.6) is 5.75 Å². The van der Waals surface area contributed by atoms with E-state index in [9.17, 15) is 9.50 Å². The molecule has 1 saturated heterocycles. The lowest BCUT2D eigenvalue weighted by Crippen LogP contribution is -2.45. The number of hydrogen-bond donors (Lipinski definition) is 2. The van der Waals surface area contributed by atoms with Crippen molar-refractivity contribution in [3.05, 3.63) is 29.1 Å². The van der Waals surface area contributed by atoms with Crippen molar-refractivity contribution < 1.29 is 9.50 Å². The van der Waals surface area contributed by atoms with Gasteiger partial charge in [-0.2, -0.15) is 5.26 Å². The molecule has 7 heteroatoms. The fourth-order valence-corrected chi connectivity index (χ4v) is 2.74. The van der Waals surface area contributed by atoms with Gasteiger partial charge in [0.25, 0.3) is 0 Å².